The number of benzene rings is 1. The summed E-state index contributed by atoms with van der Waals surface area (Å²) in [5.41, 5.74) is 1.32. The third-order valence-corrected chi connectivity index (χ3v) is 4.41. The van der Waals surface area contributed by atoms with Crippen molar-refractivity contribution in [2.24, 2.45) is 5.92 Å². The number of hydrogen-bond acceptors (Lipinski definition) is 2. The molecule has 2 nitrogen and oxygen atoms in total. The van der Waals surface area contributed by atoms with Gasteiger partial charge >= 0.3 is 0 Å². The van der Waals surface area contributed by atoms with E-state index in [0.717, 1.165) is 24.8 Å². The molecule has 2 heteroatoms. The predicted octanol–water partition coefficient (Wildman–Crippen LogP) is 4.36. The third-order valence-electron chi connectivity index (χ3n) is 4.41. The summed E-state index contributed by atoms with van der Waals surface area (Å²) in [6.45, 7) is 8.57. The van der Waals surface area contributed by atoms with Crippen LogP contribution in [0.25, 0.3) is 0 Å². The first kappa shape index (κ1) is 15.4. The van der Waals surface area contributed by atoms with Gasteiger partial charge in [-0.15, -0.1) is 0 Å². The zero-order chi connectivity index (χ0) is 14.4. The van der Waals surface area contributed by atoms with Crippen LogP contribution in [-0.4, -0.2) is 19.2 Å². The van der Waals surface area contributed by atoms with E-state index in [1.165, 1.54) is 31.2 Å². The molecule has 1 aliphatic carbocycles. The topological polar surface area (TPSA) is 21.3 Å². The third kappa shape index (κ3) is 3.99. The standard InChI is InChI=1S/C18H29NO/c1-4-19-17-10-7-8-15(17)12-13-20-18-11-6-5-9-16(18)14(2)3/h5-6,9,11,14-15,17,19H,4,7-8,10,12-13H2,1-3H3. The van der Waals surface area contributed by atoms with Crippen LogP contribution in [0.2, 0.25) is 0 Å². The molecule has 2 rings (SSSR count). The van der Waals surface area contributed by atoms with E-state index in [4.69, 9.17) is 4.74 Å². The van der Waals surface area contributed by atoms with Crippen molar-refractivity contribution < 1.29 is 4.74 Å². The highest BCUT2D eigenvalue weighted by Crippen LogP contribution is 2.30. The minimum atomic E-state index is 0.521. The maximum Gasteiger partial charge on any atom is 0.122 e. The van der Waals surface area contributed by atoms with E-state index in [0.29, 0.717) is 12.0 Å². The highest BCUT2D eigenvalue weighted by molar-refractivity contribution is 5.35. The van der Waals surface area contributed by atoms with E-state index in [-0.39, 0.29) is 0 Å². The zero-order valence-electron chi connectivity index (χ0n) is 13.2. The molecule has 1 saturated carbocycles. The van der Waals surface area contributed by atoms with Gasteiger partial charge in [0.25, 0.3) is 0 Å². The Hall–Kier alpha value is -1.02. The van der Waals surface area contributed by atoms with Gasteiger partial charge in [-0.3, -0.25) is 0 Å². The van der Waals surface area contributed by atoms with Crippen LogP contribution in [0.3, 0.4) is 0 Å². The SMILES string of the molecule is CCNC1CCCC1CCOc1ccccc1C(C)C. The second kappa shape index (κ2) is 7.68. The molecule has 112 valence electrons. The summed E-state index contributed by atoms with van der Waals surface area (Å²) in [5.74, 6) is 2.38. The smallest absolute Gasteiger partial charge is 0.122 e. The fourth-order valence-electron chi connectivity index (χ4n) is 3.32. The molecule has 2 atom stereocenters. The first-order valence-corrected chi connectivity index (χ1v) is 8.17. The van der Waals surface area contributed by atoms with E-state index in [2.05, 4.69) is 50.4 Å². The van der Waals surface area contributed by atoms with Gasteiger partial charge in [-0.05, 0) is 49.3 Å². The van der Waals surface area contributed by atoms with Gasteiger partial charge in [-0.2, -0.15) is 0 Å². The summed E-state index contributed by atoms with van der Waals surface area (Å²) < 4.78 is 6.06. The van der Waals surface area contributed by atoms with Crippen molar-refractivity contribution >= 4 is 0 Å². The molecule has 0 bridgehead atoms. The van der Waals surface area contributed by atoms with Crippen LogP contribution in [0.15, 0.2) is 24.3 Å². The fraction of sp³-hybridized carbons (Fsp3) is 0.667. The summed E-state index contributed by atoms with van der Waals surface area (Å²) in [4.78, 5) is 0. The number of ether oxygens (including phenoxy) is 1. The Labute approximate surface area is 123 Å². The molecule has 0 aromatic heterocycles. The molecule has 0 aliphatic heterocycles. The molecule has 20 heavy (non-hydrogen) atoms. The fourth-order valence-corrected chi connectivity index (χ4v) is 3.32. The lowest BCUT2D eigenvalue weighted by Gasteiger charge is -2.21. The van der Waals surface area contributed by atoms with Crippen LogP contribution < -0.4 is 10.1 Å². The summed E-state index contributed by atoms with van der Waals surface area (Å²) in [5, 5.41) is 3.62. The number of nitrogens with one attached hydrogen (secondary N) is 1. The maximum atomic E-state index is 6.06. The van der Waals surface area contributed by atoms with E-state index in [1.807, 2.05) is 0 Å². The summed E-state index contributed by atoms with van der Waals surface area (Å²) in [7, 11) is 0. The lowest BCUT2D eigenvalue weighted by Crippen LogP contribution is -2.32. The van der Waals surface area contributed by atoms with E-state index >= 15 is 0 Å². The molecule has 1 aliphatic rings. The van der Waals surface area contributed by atoms with Gasteiger partial charge in [-0.25, -0.2) is 0 Å². The molecular formula is C18H29NO. The van der Waals surface area contributed by atoms with Crippen molar-refractivity contribution in [3.63, 3.8) is 0 Å². The molecule has 1 fully saturated rings. The number of para-hydroxylation sites is 1. The summed E-state index contributed by atoms with van der Waals surface area (Å²) in [6.07, 6.45) is 5.23. The summed E-state index contributed by atoms with van der Waals surface area (Å²) in [6, 6.07) is 9.16. The molecule has 0 heterocycles. The Morgan fingerprint density at radius 2 is 2.05 bits per heavy atom. The molecule has 0 saturated heterocycles. The largest absolute Gasteiger partial charge is 0.493 e. The average Bonchev–Trinajstić information content (AvgIpc) is 2.87. The predicted molar refractivity (Wildman–Crippen MR) is 85.4 cm³/mol. The monoisotopic (exact) mass is 275 g/mol. The van der Waals surface area contributed by atoms with Crippen LogP contribution >= 0.6 is 0 Å². The van der Waals surface area contributed by atoms with Crippen molar-refractivity contribution in [2.45, 2.75) is 58.4 Å². The Balaban J connectivity index is 1.84. The van der Waals surface area contributed by atoms with Gasteiger partial charge in [0.2, 0.25) is 0 Å². The molecule has 2 unspecified atom stereocenters. The van der Waals surface area contributed by atoms with Gasteiger partial charge in [0, 0.05) is 6.04 Å². The first-order chi connectivity index (χ1) is 9.72. The minimum Gasteiger partial charge on any atom is -0.493 e. The molecular weight excluding hydrogens is 246 g/mol. The van der Waals surface area contributed by atoms with E-state index in [9.17, 15) is 0 Å². The van der Waals surface area contributed by atoms with Gasteiger partial charge in [0.05, 0.1) is 6.61 Å². The van der Waals surface area contributed by atoms with E-state index in [1.54, 1.807) is 0 Å². The maximum absolute atomic E-state index is 6.06. The second-order valence-electron chi connectivity index (χ2n) is 6.18. The van der Waals surface area contributed by atoms with Gasteiger partial charge in [-0.1, -0.05) is 45.4 Å². The van der Waals surface area contributed by atoms with Crippen molar-refractivity contribution in [1.29, 1.82) is 0 Å². The first-order valence-electron chi connectivity index (χ1n) is 8.17. The van der Waals surface area contributed by atoms with Crippen LogP contribution in [0.1, 0.15) is 57.9 Å². The summed E-state index contributed by atoms with van der Waals surface area (Å²) >= 11 is 0. The van der Waals surface area contributed by atoms with Crippen LogP contribution in [0.4, 0.5) is 0 Å². The Morgan fingerprint density at radius 3 is 2.80 bits per heavy atom. The zero-order valence-corrected chi connectivity index (χ0v) is 13.2. The Kier molecular flexibility index (Phi) is 5.90. The second-order valence-corrected chi connectivity index (χ2v) is 6.18. The van der Waals surface area contributed by atoms with Crippen molar-refractivity contribution in [1.82, 2.24) is 5.32 Å². The van der Waals surface area contributed by atoms with E-state index < -0.39 is 0 Å². The number of hydrogen-bond donors (Lipinski definition) is 1. The van der Waals surface area contributed by atoms with Crippen LogP contribution in [-0.2, 0) is 0 Å². The molecule has 0 amide bonds. The molecule has 0 radical (unpaired) electrons. The van der Waals surface area contributed by atoms with Gasteiger partial charge < -0.3 is 10.1 Å². The molecule has 1 aromatic rings. The van der Waals surface area contributed by atoms with Crippen LogP contribution in [0, 0.1) is 5.92 Å². The van der Waals surface area contributed by atoms with Crippen molar-refractivity contribution in [3.8, 4) is 5.75 Å². The molecule has 1 aromatic carbocycles. The highest BCUT2D eigenvalue weighted by atomic mass is 16.5. The minimum absolute atomic E-state index is 0.521. The van der Waals surface area contributed by atoms with Gasteiger partial charge in [0.1, 0.15) is 5.75 Å². The Bertz CT molecular complexity index is 402. The average molecular weight is 275 g/mol. The number of rotatable bonds is 7. The lowest BCUT2D eigenvalue weighted by atomic mass is 10.00. The Morgan fingerprint density at radius 1 is 1.25 bits per heavy atom. The lowest BCUT2D eigenvalue weighted by molar-refractivity contribution is 0.258. The molecule has 0 spiro atoms. The quantitative estimate of drug-likeness (QED) is 0.798. The van der Waals surface area contributed by atoms with Crippen LogP contribution in [0.5, 0.6) is 5.75 Å². The van der Waals surface area contributed by atoms with Crippen molar-refractivity contribution in [3.05, 3.63) is 29.8 Å². The molecule has 1 N–H and O–H groups in total. The normalized spacial score (nSPS) is 22.4. The highest BCUT2D eigenvalue weighted by Gasteiger charge is 2.26. The van der Waals surface area contributed by atoms with Gasteiger partial charge in [0.15, 0.2) is 0 Å². The van der Waals surface area contributed by atoms with Crippen molar-refractivity contribution in [2.75, 3.05) is 13.2 Å².